The third-order valence-corrected chi connectivity index (χ3v) is 3.30. The van der Waals surface area contributed by atoms with Gasteiger partial charge in [0.15, 0.2) is 0 Å². The number of hydrogen-bond donors (Lipinski definition) is 3. The van der Waals surface area contributed by atoms with E-state index in [0.717, 1.165) is 30.8 Å². The monoisotopic (exact) mass is 241 g/mol. The zero-order chi connectivity index (χ0) is 12.5. The highest BCUT2D eigenvalue weighted by Crippen LogP contribution is 2.29. The van der Waals surface area contributed by atoms with Crippen molar-refractivity contribution in [2.75, 3.05) is 11.4 Å². The molecule has 5 nitrogen and oxygen atoms in total. The Kier molecular flexibility index (Phi) is 2.51. The molecule has 0 aliphatic carbocycles. The molecule has 0 fully saturated rings. The van der Waals surface area contributed by atoms with Crippen molar-refractivity contribution in [2.24, 2.45) is 5.73 Å². The van der Waals surface area contributed by atoms with Crippen LogP contribution in [-0.2, 0) is 13.0 Å². The first-order valence-corrected chi connectivity index (χ1v) is 5.93. The number of nitrogens with one attached hydrogen (secondary N) is 2. The minimum atomic E-state index is 0.117. The first-order chi connectivity index (χ1) is 8.74. The molecule has 92 valence electrons. The third kappa shape index (κ3) is 1.84. The number of benzene rings is 1. The van der Waals surface area contributed by atoms with Gasteiger partial charge in [0.2, 0.25) is 0 Å². The maximum Gasteiger partial charge on any atom is 0.122 e. The molecule has 0 radical (unpaired) electrons. The van der Waals surface area contributed by atoms with Crippen LogP contribution < -0.4 is 10.6 Å². The zero-order valence-electron chi connectivity index (χ0n) is 9.98. The fraction of sp³-hybridized carbons (Fsp3) is 0.231. The molecule has 18 heavy (non-hydrogen) atoms. The van der Waals surface area contributed by atoms with E-state index in [9.17, 15) is 0 Å². The van der Waals surface area contributed by atoms with Gasteiger partial charge in [0.1, 0.15) is 5.84 Å². The number of amidine groups is 1. The minimum Gasteiger partial charge on any atom is -0.384 e. The summed E-state index contributed by atoms with van der Waals surface area (Å²) in [5.74, 6) is 0.117. The molecule has 5 heteroatoms. The number of anilines is 1. The van der Waals surface area contributed by atoms with Crippen molar-refractivity contribution in [1.82, 2.24) is 9.97 Å². The lowest BCUT2D eigenvalue weighted by molar-refractivity contribution is 0.819. The third-order valence-electron chi connectivity index (χ3n) is 3.30. The number of aromatic nitrogens is 2. The Bertz CT molecular complexity index is 573. The van der Waals surface area contributed by atoms with Crippen molar-refractivity contribution >= 4 is 11.5 Å². The van der Waals surface area contributed by atoms with Crippen LogP contribution in [0.15, 0.2) is 30.7 Å². The predicted octanol–water partition coefficient (Wildman–Crippen LogP) is 1.26. The highest BCUT2D eigenvalue weighted by atomic mass is 15.2. The molecule has 1 aromatic heterocycles. The van der Waals surface area contributed by atoms with Gasteiger partial charge in [-0.2, -0.15) is 0 Å². The molecule has 0 amide bonds. The summed E-state index contributed by atoms with van der Waals surface area (Å²) in [4.78, 5) is 9.43. The Morgan fingerprint density at radius 1 is 1.50 bits per heavy atom. The van der Waals surface area contributed by atoms with Crippen LogP contribution in [0, 0.1) is 5.41 Å². The first kappa shape index (κ1) is 10.8. The van der Waals surface area contributed by atoms with E-state index >= 15 is 0 Å². The molecule has 1 aliphatic rings. The van der Waals surface area contributed by atoms with E-state index < -0.39 is 0 Å². The minimum absolute atomic E-state index is 0.117. The van der Waals surface area contributed by atoms with Gasteiger partial charge in [0, 0.05) is 24.0 Å². The Labute approximate surface area is 105 Å². The van der Waals surface area contributed by atoms with Crippen LogP contribution in [0.3, 0.4) is 0 Å². The molecule has 2 aromatic rings. The summed E-state index contributed by atoms with van der Waals surface area (Å²) in [6.07, 6.45) is 4.58. The predicted molar refractivity (Wildman–Crippen MR) is 70.8 cm³/mol. The average molecular weight is 241 g/mol. The van der Waals surface area contributed by atoms with Gasteiger partial charge in [-0.15, -0.1) is 0 Å². The summed E-state index contributed by atoms with van der Waals surface area (Å²) in [5.41, 5.74) is 9.91. The maximum absolute atomic E-state index is 7.50. The van der Waals surface area contributed by atoms with E-state index in [1.54, 1.807) is 6.33 Å². The van der Waals surface area contributed by atoms with Crippen LogP contribution in [0.2, 0.25) is 0 Å². The summed E-state index contributed by atoms with van der Waals surface area (Å²) < 4.78 is 0. The van der Waals surface area contributed by atoms with Gasteiger partial charge in [-0.25, -0.2) is 4.98 Å². The molecule has 0 bridgehead atoms. The van der Waals surface area contributed by atoms with Crippen molar-refractivity contribution in [2.45, 2.75) is 13.0 Å². The molecule has 1 aliphatic heterocycles. The SMILES string of the molecule is N=C(N)c1ccc2c(c1)N(Cc1cnc[nH]1)CC2. The van der Waals surface area contributed by atoms with Crippen molar-refractivity contribution < 1.29 is 0 Å². The molecule has 3 rings (SSSR count). The smallest absolute Gasteiger partial charge is 0.122 e. The van der Waals surface area contributed by atoms with Crippen LogP contribution in [0.25, 0.3) is 0 Å². The summed E-state index contributed by atoms with van der Waals surface area (Å²) in [6.45, 7) is 1.81. The molecule has 2 heterocycles. The van der Waals surface area contributed by atoms with E-state index in [-0.39, 0.29) is 5.84 Å². The van der Waals surface area contributed by atoms with Crippen LogP contribution in [0.1, 0.15) is 16.8 Å². The lowest BCUT2D eigenvalue weighted by atomic mass is 10.1. The van der Waals surface area contributed by atoms with E-state index in [0.29, 0.717) is 0 Å². The van der Waals surface area contributed by atoms with Gasteiger partial charge >= 0.3 is 0 Å². The molecule has 1 aromatic carbocycles. The largest absolute Gasteiger partial charge is 0.384 e. The number of fused-ring (bicyclic) bond motifs is 1. The van der Waals surface area contributed by atoms with Crippen LogP contribution in [0.5, 0.6) is 0 Å². The summed E-state index contributed by atoms with van der Waals surface area (Å²) in [7, 11) is 0. The second kappa shape index (κ2) is 4.18. The Morgan fingerprint density at radius 3 is 3.11 bits per heavy atom. The Hall–Kier alpha value is -2.30. The molecule has 0 saturated carbocycles. The molecule has 0 unspecified atom stereocenters. The van der Waals surface area contributed by atoms with Crippen molar-refractivity contribution in [3.05, 3.63) is 47.5 Å². The van der Waals surface area contributed by atoms with Crippen molar-refractivity contribution in [3.63, 3.8) is 0 Å². The van der Waals surface area contributed by atoms with Gasteiger partial charge in [0.05, 0.1) is 18.6 Å². The number of hydrogen-bond acceptors (Lipinski definition) is 3. The average Bonchev–Trinajstić information content (AvgIpc) is 2.99. The molecule has 4 N–H and O–H groups in total. The van der Waals surface area contributed by atoms with E-state index in [4.69, 9.17) is 11.1 Å². The maximum atomic E-state index is 7.50. The van der Waals surface area contributed by atoms with E-state index in [1.807, 2.05) is 18.3 Å². The van der Waals surface area contributed by atoms with Crippen molar-refractivity contribution in [3.8, 4) is 0 Å². The highest BCUT2D eigenvalue weighted by molar-refractivity contribution is 5.96. The van der Waals surface area contributed by atoms with Crippen LogP contribution in [0.4, 0.5) is 5.69 Å². The molecule has 0 saturated heterocycles. The normalized spacial score (nSPS) is 13.7. The molecular weight excluding hydrogens is 226 g/mol. The lowest BCUT2D eigenvalue weighted by Crippen LogP contribution is -2.20. The number of rotatable bonds is 3. The van der Waals surface area contributed by atoms with E-state index in [1.165, 1.54) is 11.3 Å². The number of imidazole rings is 1. The number of nitrogens with zero attached hydrogens (tertiary/aromatic N) is 2. The molecular formula is C13H15N5. The van der Waals surface area contributed by atoms with Crippen LogP contribution >= 0.6 is 0 Å². The van der Waals surface area contributed by atoms with Gasteiger partial charge in [-0.3, -0.25) is 5.41 Å². The Morgan fingerprint density at radius 2 is 2.39 bits per heavy atom. The van der Waals surface area contributed by atoms with Crippen LogP contribution in [-0.4, -0.2) is 22.3 Å². The Balaban J connectivity index is 1.90. The standard InChI is InChI=1S/C13H15N5/c14-13(15)10-2-1-9-3-4-18(12(9)5-10)7-11-6-16-8-17-11/h1-2,5-6,8H,3-4,7H2,(H3,14,15)(H,16,17). The van der Waals surface area contributed by atoms with Gasteiger partial charge in [-0.1, -0.05) is 12.1 Å². The summed E-state index contributed by atoms with van der Waals surface area (Å²) in [5, 5.41) is 7.50. The highest BCUT2D eigenvalue weighted by Gasteiger charge is 2.20. The lowest BCUT2D eigenvalue weighted by Gasteiger charge is -2.18. The number of nitrogen functional groups attached to an aromatic ring is 1. The fourth-order valence-electron chi connectivity index (χ4n) is 2.35. The van der Waals surface area contributed by atoms with Crippen molar-refractivity contribution in [1.29, 1.82) is 5.41 Å². The number of aromatic amines is 1. The van der Waals surface area contributed by atoms with Gasteiger partial charge < -0.3 is 15.6 Å². The number of H-pyrrole nitrogens is 1. The first-order valence-electron chi connectivity index (χ1n) is 5.93. The molecule has 0 atom stereocenters. The number of nitrogens with two attached hydrogens (primary N) is 1. The molecule has 0 spiro atoms. The summed E-state index contributed by atoms with van der Waals surface area (Å²) >= 11 is 0. The second-order valence-corrected chi connectivity index (χ2v) is 4.51. The zero-order valence-corrected chi connectivity index (χ0v) is 9.98. The summed E-state index contributed by atoms with van der Waals surface area (Å²) in [6, 6.07) is 5.99. The second-order valence-electron chi connectivity index (χ2n) is 4.51. The van der Waals surface area contributed by atoms with Gasteiger partial charge in [0.25, 0.3) is 0 Å². The topological polar surface area (TPSA) is 81.8 Å². The quantitative estimate of drug-likeness (QED) is 0.559. The van der Waals surface area contributed by atoms with Gasteiger partial charge in [-0.05, 0) is 18.1 Å². The van der Waals surface area contributed by atoms with E-state index in [2.05, 4.69) is 20.9 Å². The fourth-order valence-corrected chi connectivity index (χ4v) is 2.35.